The topological polar surface area (TPSA) is 73.6 Å². The van der Waals surface area contributed by atoms with E-state index in [9.17, 15) is 0 Å². The van der Waals surface area contributed by atoms with Crippen LogP contribution in [0.4, 0.5) is 0 Å². The quantitative estimate of drug-likeness (QED) is 0.255. The van der Waals surface area contributed by atoms with Gasteiger partial charge in [0.1, 0.15) is 0 Å². The second-order valence-electron chi connectivity index (χ2n) is 0.730. The maximum atomic E-state index is 4.91. The van der Waals surface area contributed by atoms with Crippen molar-refractivity contribution < 1.29 is 4.12 Å². The van der Waals surface area contributed by atoms with Crippen LogP contribution in [0.15, 0.2) is 4.66 Å². The number of guanidine groups is 1. The summed E-state index contributed by atoms with van der Waals surface area (Å²) in [5.41, 5.74) is 9.82. The minimum Gasteiger partial charge on any atom is -0.439 e. The van der Waals surface area contributed by atoms with Crippen molar-refractivity contribution in [2.75, 3.05) is 0 Å². The predicted molar refractivity (Wildman–Crippen MR) is 28.4 cm³/mol. The number of rotatable bonds is 2. The van der Waals surface area contributed by atoms with Crippen LogP contribution in [0.25, 0.3) is 0 Å². The van der Waals surface area contributed by atoms with E-state index in [1.165, 1.54) is 0 Å². The molecule has 0 aliphatic heterocycles. The summed E-state index contributed by atoms with van der Waals surface area (Å²) in [5, 5.41) is 0. The van der Waals surface area contributed by atoms with Gasteiger partial charge < -0.3 is 15.6 Å². The molecule has 4 N–H and O–H groups in total. The van der Waals surface area contributed by atoms with Crippen LogP contribution in [-0.2, 0) is 4.12 Å². The molecule has 0 aromatic heterocycles. The van der Waals surface area contributed by atoms with E-state index in [1.54, 1.807) is 0 Å². The molecule has 5 radical (unpaired) electrons. The van der Waals surface area contributed by atoms with Crippen molar-refractivity contribution in [2.45, 2.75) is 0 Å². The van der Waals surface area contributed by atoms with Gasteiger partial charge in [0, 0.05) is 0 Å². The Hall–Kier alpha value is -0.336. The van der Waals surface area contributed by atoms with Crippen LogP contribution in [0.5, 0.6) is 0 Å². The van der Waals surface area contributed by atoms with Crippen LogP contribution in [0.2, 0.25) is 0 Å². The van der Waals surface area contributed by atoms with Gasteiger partial charge >= 0.3 is 9.92 Å². The van der Waals surface area contributed by atoms with Gasteiger partial charge in [-0.2, -0.15) is 0 Å². The molecule has 0 fully saturated rings. The Labute approximate surface area is 47.5 Å². The molecular formula is CH4N3OSi2. The average molecular weight is 130 g/mol. The third kappa shape index (κ3) is 5.66. The molecule has 0 aromatic carbocycles. The monoisotopic (exact) mass is 130 g/mol. The first-order chi connectivity index (χ1) is 3.27. The Balaban J connectivity index is 3.08. The molecule has 0 aliphatic rings. The third-order valence-corrected chi connectivity index (χ3v) is 0.935. The van der Waals surface area contributed by atoms with Gasteiger partial charge in [0.25, 0.3) is 0 Å². The van der Waals surface area contributed by atoms with Crippen molar-refractivity contribution in [3.63, 3.8) is 0 Å². The molecular weight excluding hydrogens is 126 g/mol. The zero-order valence-electron chi connectivity index (χ0n) is 3.51. The van der Waals surface area contributed by atoms with E-state index in [-0.39, 0.29) is 15.9 Å². The zero-order valence-corrected chi connectivity index (χ0v) is 5.51. The minimum absolute atomic E-state index is 0.0385. The largest absolute Gasteiger partial charge is 0.439 e. The van der Waals surface area contributed by atoms with E-state index in [0.29, 0.717) is 0 Å². The molecule has 0 bridgehead atoms. The van der Waals surface area contributed by atoms with E-state index < -0.39 is 0 Å². The molecule has 0 amide bonds. The van der Waals surface area contributed by atoms with E-state index >= 15 is 0 Å². The van der Waals surface area contributed by atoms with Crippen molar-refractivity contribution in [3.05, 3.63) is 0 Å². The van der Waals surface area contributed by atoms with Crippen molar-refractivity contribution >= 4 is 26.4 Å². The molecule has 0 heterocycles. The number of nitrogens with zero attached hydrogens (tertiary/aromatic N) is 1. The van der Waals surface area contributed by atoms with Gasteiger partial charge in [-0.1, -0.05) is 0 Å². The molecule has 0 atom stereocenters. The lowest BCUT2D eigenvalue weighted by Gasteiger charge is -1.85. The van der Waals surface area contributed by atoms with Crippen molar-refractivity contribution in [3.8, 4) is 0 Å². The summed E-state index contributed by atoms with van der Waals surface area (Å²) in [6, 6.07) is 0. The number of hydrogen-bond donors (Lipinski definition) is 2. The Morgan fingerprint density at radius 2 is 2.29 bits per heavy atom. The first-order valence-electron chi connectivity index (χ1n) is 1.43. The summed E-state index contributed by atoms with van der Waals surface area (Å²) in [6.45, 7) is 0. The lowest BCUT2D eigenvalue weighted by molar-refractivity contribution is 0.665. The first kappa shape index (κ1) is 6.66. The Bertz CT molecular complexity index is 69.3. The van der Waals surface area contributed by atoms with Crippen molar-refractivity contribution in [1.29, 1.82) is 0 Å². The number of nitrogens with two attached hydrogens (primary N) is 2. The third-order valence-electron chi connectivity index (χ3n) is 0.220. The van der Waals surface area contributed by atoms with Crippen LogP contribution < -0.4 is 11.5 Å². The molecule has 0 unspecified atom stereocenters. The fourth-order valence-corrected chi connectivity index (χ4v) is 0.364. The normalized spacial score (nSPS) is 8.14. The molecule has 0 aliphatic carbocycles. The van der Waals surface area contributed by atoms with Crippen LogP contribution in [0, 0.1) is 0 Å². The summed E-state index contributed by atoms with van der Waals surface area (Å²) in [6.07, 6.45) is 0. The van der Waals surface area contributed by atoms with E-state index in [1.807, 2.05) is 0 Å². The van der Waals surface area contributed by atoms with Crippen LogP contribution in [-0.4, -0.2) is 26.4 Å². The first-order valence-corrected chi connectivity index (χ1v) is 2.70. The van der Waals surface area contributed by atoms with Crippen LogP contribution in [0.1, 0.15) is 0 Å². The molecule has 37 valence electrons. The van der Waals surface area contributed by atoms with E-state index in [0.717, 1.165) is 0 Å². The fraction of sp³-hybridized carbons (Fsp3) is 0. The smallest absolute Gasteiger partial charge is 0.394 e. The molecule has 6 heteroatoms. The molecule has 0 aromatic rings. The molecule has 0 saturated carbocycles. The molecule has 7 heavy (non-hydrogen) atoms. The van der Waals surface area contributed by atoms with Crippen molar-refractivity contribution in [2.24, 2.45) is 16.1 Å². The molecule has 0 saturated heterocycles. The maximum Gasteiger partial charge on any atom is 0.394 e. The van der Waals surface area contributed by atoms with E-state index in [2.05, 4.69) is 19.3 Å². The average Bonchev–Trinajstić information content (AvgIpc) is 1.61. The minimum atomic E-state index is -0.0532. The summed E-state index contributed by atoms with van der Waals surface area (Å²) >= 11 is 0. The molecule has 0 rings (SSSR count). The van der Waals surface area contributed by atoms with Gasteiger partial charge in [-0.05, 0) is 0 Å². The summed E-state index contributed by atoms with van der Waals surface area (Å²) < 4.78 is 7.81. The molecule has 4 nitrogen and oxygen atoms in total. The van der Waals surface area contributed by atoms with Gasteiger partial charge in [0.15, 0.2) is 5.96 Å². The standard InChI is InChI=1S/CH4N3OSi2/c2-1(3)4-7-5-6/h(H4,2,3,4). The summed E-state index contributed by atoms with van der Waals surface area (Å²) in [4.78, 5) is 0. The SMILES string of the molecule is NC(N)=N[Si]O[Si]. The van der Waals surface area contributed by atoms with Gasteiger partial charge in [-0.15, -0.1) is 0 Å². The van der Waals surface area contributed by atoms with E-state index in [4.69, 9.17) is 11.5 Å². The highest BCUT2D eigenvalue weighted by Gasteiger charge is 1.79. The second-order valence-corrected chi connectivity index (χ2v) is 1.95. The number of hydrogen-bond acceptors (Lipinski definition) is 2. The second kappa shape index (κ2) is 3.84. The Kier molecular flexibility index (Phi) is 3.66. The predicted octanol–water partition coefficient (Wildman–Crippen LogP) is -2.11. The highest BCUT2D eigenvalue weighted by atomic mass is 28.3. The Morgan fingerprint density at radius 1 is 1.71 bits per heavy atom. The van der Waals surface area contributed by atoms with Gasteiger partial charge in [-0.25, -0.2) is 0 Å². The van der Waals surface area contributed by atoms with Gasteiger partial charge in [0.05, 0.1) is 0 Å². The maximum absolute atomic E-state index is 4.91. The lowest BCUT2D eigenvalue weighted by Crippen LogP contribution is -2.23. The van der Waals surface area contributed by atoms with Crippen LogP contribution in [0.3, 0.4) is 0 Å². The van der Waals surface area contributed by atoms with Crippen LogP contribution >= 0.6 is 0 Å². The Morgan fingerprint density at radius 3 is 2.43 bits per heavy atom. The summed E-state index contributed by atoms with van der Waals surface area (Å²) in [5.74, 6) is 0.0385. The molecule has 0 spiro atoms. The zero-order chi connectivity index (χ0) is 5.70. The fourth-order valence-electron chi connectivity index (χ4n) is 0.0755. The summed E-state index contributed by atoms with van der Waals surface area (Å²) in [7, 11) is 2.66. The highest BCUT2D eigenvalue weighted by Crippen LogP contribution is 1.58. The van der Waals surface area contributed by atoms with Crippen molar-refractivity contribution in [1.82, 2.24) is 0 Å². The van der Waals surface area contributed by atoms with Gasteiger partial charge in [0.2, 0.25) is 10.5 Å². The lowest BCUT2D eigenvalue weighted by atomic mass is 11.1. The highest BCUT2D eigenvalue weighted by molar-refractivity contribution is 6.34. The van der Waals surface area contributed by atoms with Gasteiger partial charge in [-0.3, -0.25) is 4.66 Å².